The maximum atomic E-state index is 13.2. The van der Waals surface area contributed by atoms with Gasteiger partial charge in [0.2, 0.25) is 0 Å². The lowest BCUT2D eigenvalue weighted by atomic mass is 10.1. The molecule has 0 spiro atoms. The molecule has 0 aliphatic heterocycles. The van der Waals surface area contributed by atoms with Crippen LogP contribution in [0.25, 0.3) is 11.5 Å². The molecule has 0 atom stereocenters. The fraction of sp³-hybridized carbons (Fsp3) is 0.214. The van der Waals surface area contributed by atoms with Crippen molar-refractivity contribution in [3.63, 3.8) is 0 Å². The summed E-state index contributed by atoms with van der Waals surface area (Å²) in [6, 6.07) is 7.26. The first-order valence-electron chi connectivity index (χ1n) is 6.03. The molecule has 2 aromatic heterocycles. The maximum absolute atomic E-state index is 13.2. The van der Waals surface area contributed by atoms with Gasteiger partial charge in [0.25, 0.3) is 0 Å². The molecule has 2 heterocycles. The number of pyridine rings is 1. The Morgan fingerprint density at radius 1 is 1.32 bits per heavy atom. The van der Waals surface area contributed by atoms with Gasteiger partial charge in [-0.1, -0.05) is 0 Å². The van der Waals surface area contributed by atoms with Crippen LogP contribution in [0.5, 0.6) is 0 Å². The number of furan rings is 1. The predicted molar refractivity (Wildman–Crippen MR) is 72.6 cm³/mol. The molecule has 0 unspecified atom stereocenters. The molecule has 2 rings (SSSR count). The van der Waals surface area contributed by atoms with Crippen LogP contribution in [-0.4, -0.2) is 10.7 Å². The van der Waals surface area contributed by atoms with Crippen molar-refractivity contribution < 1.29 is 17.6 Å². The molecule has 0 bridgehead atoms. The van der Waals surface area contributed by atoms with E-state index in [0.29, 0.717) is 0 Å². The largest absolute Gasteiger partial charge is 0.463 e. The van der Waals surface area contributed by atoms with Crippen LogP contribution in [0.2, 0.25) is 0 Å². The monoisotopic (exact) mass is 323 g/mol. The fourth-order valence-corrected chi connectivity index (χ4v) is 2.55. The Balaban J connectivity index is 2.57. The SMILES string of the molecule is N#CCCSc1nc(-c2ccco2)cc(C(F)(F)F)c1C#N. The van der Waals surface area contributed by atoms with Crippen LogP contribution < -0.4 is 0 Å². The van der Waals surface area contributed by atoms with E-state index in [0.717, 1.165) is 17.8 Å². The second kappa shape index (κ2) is 6.54. The Labute approximate surface area is 128 Å². The highest BCUT2D eigenvalue weighted by Gasteiger charge is 2.36. The van der Waals surface area contributed by atoms with E-state index in [1.807, 2.05) is 6.07 Å². The second-order valence-electron chi connectivity index (χ2n) is 4.08. The minimum absolute atomic E-state index is 0.00390. The van der Waals surface area contributed by atoms with Gasteiger partial charge in [-0.3, -0.25) is 0 Å². The van der Waals surface area contributed by atoms with Crippen molar-refractivity contribution >= 4 is 11.8 Å². The lowest BCUT2D eigenvalue weighted by molar-refractivity contribution is -0.138. The standard InChI is InChI=1S/C14H8F3N3OS/c15-14(16,17)10-7-11(12-3-1-5-21-12)20-13(9(10)8-19)22-6-2-4-18/h1,3,5,7H,2,6H2. The molecule has 0 aromatic carbocycles. The topological polar surface area (TPSA) is 73.6 Å². The van der Waals surface area contributed by atoms with Crippen LogP contribution in [0.1, 0.15) is 17.5 Å². The quantitative estimate of drug-likeness (QED) is 0.621. The Morgan fingerprint density at radius 3 is 2.64 bits per heavy atom. The van der Waals surface area contributed by atoms with Crippen molar-refractivity contribution in [1.29, 1.82) is 10.5 Å². The summed E-state index contributed by atoms with van der Waals surface area (Å²) >= 11 is 0.940. The van der Waals surface area contributed by atoms with E-state index < -0.39 is 17.3 Å². The van der Waals surface area contributed by atoms with Crippen molar-refractivity contribution in [2.45, 2.75) is 17.6 Å². The van der Waals surface area contributed by atoms with Gasteiger partial charge >= 0.3 is 6.18 Å². The van der Waals surface area contributed by atoms with E-state index in [1.54, 1.807) is 6.07 Å². The Bertz CT molecular complexity index is 742. The maximum Gasteiger partial charge on any atom is 0.417 e. The normalized spacial score (nSPS) is 11.0. The number of nitrogens with zero attached hydrogens (tertiary/aromatic N) is 3. The molecule has 0 aliphatic carbocycles. The lowest BCUT2D eigenvalue weighted by Gasteiger charge is -2.13. The zero-order valence-corrected chi connectivity index (χ0v) is 11.8. The molecular weight excluding hydrogens is 315 g/mol. The third-order valence-electron chi connectivity index (χ3n) is 2.63. The highest BCUT2D eigenvalue weighted by molar-refractivity contribution is 7.99. The number of nitriles is 2. The zero-order chi connectivity index (χ0) is 16.2. The first kappa shape index (κ1) is 15.9. The zero-order valence-electron chi connectivity index (χ0n) is 11.0. The van der Waals surface area contributed by atoms with Crippen molar-refractivity contribution in [2.24, 2.45) is 0 Å². The van der Waals surface area contributed by atoms with E-state index in [9.17, 15) is 13.2 Å². The van der Waals surface area contributed by atoms with E-state index in [1.165, 1.54) is 18.4 Å². The van der Waals surface area contributed by atoms with Gasteiger partial charge < -0.3 is 4.42 Å². The molecule has 0 saturated carbocycles. The number of alkyl halides is 3. The summed E-state index contributed by atoms with van der Waals surface area (Å²) in [7, 11) is 0. The smallest absolute Gasteiger partial charge is 0.417 e. The number of hydrogen-bond acceptors (Lipinski definition) is 5. The molecule has 0 radical (unpaired) electrons. The van der Waals surface area contributed by atoms with Gasteiger partial charge in [0.1, 0.15) is 16.8 Å². The Kier molecular flexibility index (Phi) is 4.74. The molecule has 0 saturated heterocycles. The summed E-state index contributed by atoms with van der Waals surface area (Å²) in [6.45, 7) is 0. The third kappa shape index (κ3) is 3.41. The number of rotatable bonds is 4. The predicted octanol–water partition coefficient (Wildman–Crippen LogP) is 4.24. The van der Waals surface area contributed by atoms with Crippen molar-refractivity contribution in [1.82, 2.24) is 4.98 Å². The van der Waals surface area contributed by atoms with Gasteiger partial charge in [-0.05, 0) is 18.2 Å². The van der Waals surface area contributed by atoms with Crippen molar-refractivity contribution in [3.05, 3.63) is 35.6 Å². The highest BCUT2D eigenvalue weighted by atomic mass is 32.2. The van der Waals surface area contributed by atoms with Gasteiger partial charge in [-0.15, -0.1) is 11.8 Å². The molecule has 22 heavy (non-hydrogen) atoms. The summed E-state index contributed by atoms with van der Waals surface area (Å²) in [6.07, 6.45) is -3.21. The van der Waals surface area contributed by atoms with E-state index in [2.05, 4.69) is 4.98 Å². The van der Waals surface area contributed by atoms with Gasteiger partial charge in [0, 0.05) is 12.2 Å². The average Bonchev–Trinajstić information content (AvgIpc) is 3.00. The molecule has 0 N–H and O–H groups in total. The van der Waals surface area contributed by atoms with Crippen LogP contribution in [0.15, 0.2) is 33.9 Å². The molecule has 4 nitrogen and oxygen atoms in total. The highest BCUT2D eigenvalue weighted by Crippen LogP contribution is 2.38. The molecule has 0 aliphatic rings. The summed E-state index contributed by atoms with van der Waals surface area (Å²) in [5.74, 6) is 0.425. The van der Waals surface area contributed by atoms with Crippen molar-refractivity contribution in [2.75, 3.05) is 5.75 Å². The first-order chi connectivity index (χ1) is 10.5. The van der Waals surface area contributed by atoms with E-state index in [4.69, 9.17) is 14.9 Å². The summed E-state index contributed by atoms with van der Waals surface area (Å²) < 4.78 is 44.5. The van der Waals surface area contributed by atoms with Gasteiger partial charge in [0.05, 0.1) is 23.5 Å². The van der Waals surface area contributed by atoms with Crippen LogP contribution in [0.4, 0.5) is 13.2 Å². The van der Waals surface area contributed by atoms with Crippen LogP contribution >= 0.6 is 11.8 Å². The first-order valence-corrected chi connectivity index (χ1v) is 7.02. The molecule has 2 aromatic rings. The van der Waals surface area contributed by atoms with Gasteiger partial charge in [0.15, 0.2) is 5.76 Å². The number of halogens is 3. The van der Waals surface area contributed by atoms with Gasteiger partial charge in [-0.2, -0.15) is 23.7 Å². The molecule has 0 amide bonds. The molecular formula is C14H8F3N3OS. The average molecular weight is 323 g/mol. The number of aromatic nitrogens is 1. The number of hydrogen-bond donors (Lipinski definition) is 0. The van der Waals surface area contributed by atoms with Crippen LogP contribution in [-0.2, 0) is 6.18 Å². The summed E-state index contributed by atoms with van der Waals surface area (Å²) in [5.41, 5.74) is -1.60. The fourth-order valence-electron chi connectivity index (χ4n) is 1.70. The Morgan fingerprint density at radius 2 is 2.09 bits per heavy atom. The van der Waals surface area contributed by atoms with E-state index in [-0.39, 0.29) is 28.7 Å². The van der Waals surface area contributed by atoms with Gasteiger partial charge in [-0.25, -0.2) is 4.98 Å². The molecule has 0 fully saturated rings. The molecule has 8 heteroatoms. The van der Waals surface area contributed by atoms with Crippen LogP contribution in [0, 0.1) is 22.7 Å². The van der Waals surface area contributed by atoms with Crippen LogP contribution in [0.3, 0.4) is 0 Å². The third-order valence-corrected chi connectivity index (χ3v) is 3.61. The minimum atomic E-state index is -4.68. The second-order valence-corrected chi connectivity index (χ2v) is 5.16. The minimum Gasteiger partial charge on any atom is -0.463 e. The molecule has 112 valence electrons. The lowest BCUT2D eigenvalue weighted by Crippen LogP contribution is -2.10. The Hall–Kier alpha value is -2.45. The van der Waals surface area contributed by atoms with Crippen molar-refractivity contribution in [3.8, 4) is 23.6 Å². The van der Waals surface area contributed by atoms with E-state index >= 15 is 0 Å². The summed E-state index contributed by atoms with van der Waals surface area (Å²) in [4.78, 5) is 4.07. The number of thioether (sulfide) groups is 1. The summed E-state index contributed by atoms with van der Waals surface area (Å²) in [5, 5.41) is 17.5.